The van der Waals surface area contributed by atoms with Crippen molar-refractivity contribution in [2.24, 2.45) is 0 Å². The third-order valence-corrected chi connectivity index (χ3v) is 2.62. The molecule has 1 rings (SSSR count). The standard InChI is InChI=1S/C13H17N3O4/c1-2-10(13(19)20)16-11(17)7-15-12(18)8-3-5-9(14)6-4-8/h3-6,10H,2,7,14H2,1H3,(H,15,18)(H,16,17)(H,19,20). The number of nitrogen functional groups attached to an aromatic ring is 1. The third-order valence-electron chi connectivity index (χ3n) is 2.62. The molecule has 7 nitrogen and oxygen atoms in total. The molecule has 0 saturated heterocycles. The predicted octanol–water partition coefficient (Wildman–Crippen LogP) is -0.0220. The van der Waals surface area contributed by atoms with Gasteiger partial charge in [-0.25, -0.2) is 4.79 Å². The van der Waals surface area contributed by atoms with Gasteiger partial charge in [-0.3, -0.25) is 9.59 Å². The van der Waals surface area contributed by atoms with E-state index in [-0.39, 0.29) is 13.0 Å². The van der Waals surface area contributed by atoms with E-state index in [0.717, 1.165) is 0 Å². The van der Waals surface area contributed by atoms with Crippen LogP contribution in [-0.4, -0.2) is 35.5 Å². The van der Waals surface area contributed by atoms with E-state index in [9.17, 15) is 14.4 Å². The number of carboxylic acids is 1. The first-order valence-electron chi connectivity index (χ1n) is 6.10. The molecular formula is C13H17N3O4. The number of nitrogens with one attached hydrogen (secondary N) is 2. The summed E-state index contributed by atoms with van der Waals surface area (Å²) in [5, 5.41) is 13.5. The van der Waals surface area contributed by atoms with Gasteiger partial charge in [0, 0.05) is 11.3 Å². The molecule has 1 unspecified atom stereocenters. The van der Waals surface area contributed by atoms with Crippen LogP contribution in [0, 0.1) is 0 Å². The molecule has 0 aliphatic heterocycles. The summed E-state index contributed by atoms with van der Waals surface area (Å²) < 4.78 is 0. The fourth-order valence-corrected chi connectivity index (χ4v) is 1.48. The minimum Gasteiger partial charge on any atom is -0.480 e. The molecule has 0 spiro atoms. The van der Waals surface area contributed by atoms with E-state index in [0.29, 0.717) is 11.3 Å². The van der Waals surface area contributed by atoms with Crippen molar-refractivity contribution in [1.82, 2.24) is 10.6 Å². The zero-order chi connectivity index (χ0) is 15.1. The Kier molecular flexibility index (Phi) is 5.52. The maximum absolute atomic E-state index is 11.7. The van der Waals surface area contributed by atoms with Gasteiger partial charge in [0.2, 0.25) is 5.91 Å². The van der Waals surface area contributed by atoms with Gasteiger partial charge in [0.1, 0.15) is 6.04 Å². The molecule has 1 atom stereocenters. The smallest absolute Gasteiger partial charge is 0.326 e. The predicted molar refractivity (Wildman–Crippen MR) is 73.0 cm³/mol. The van der Waals surface area contributed by atoms with Gasteiger partial charge in [0.05, 0.1) is 6.54 Å². The number of carbonyl (C=O) groups is 3. The van der Waals surface area contributed by atoms with Crippen molar-refractivity contribution in [3.8, 4) is 0 Å². The van der Waals surface area contributed by atoms with E-state index in [4.69, 9.17) is 10.8 Å². The summed E-state index contributed by atoms with van der Waals surface area (Å²) in [7, 11) is 0. The molecule has 5 N–H and O–H groups in total. The summed E-state index contributed by atoms with van der Waals surface area (Å²) >= 11 is 0. The lowest BCUT2D eigenvalue weighted by Gasteiger charge is -2.12. The van der Waals surface area contributed by atoms with Crippen LogP contribution in [0.15, 0.2) is 24.3 Å². The molecule has 0 aliphatic carbocycles. The van der Waals surface area contributed by atoms with Crippen molar-refractivity contribution in [1.29, 1.82) is 0 Å². The van der Waals surface area contributed by atoms with Crippen molar-refractivity contribution in [2.75, 3.05) is 12.3 Å². The van der Waals surface area contributed by atoms with Gasteiger partial charge in [0.25, 0.3) is 5.91 Å². The largest absolute Gasteiger partial charge is 0.480 e. The highest BCUT2D eigenvalue weighted by Crippen LogP contribution is 2.04. The Morgan fingerprint density at radius 2 is 1.85 bits per heavy atom. The van der Waals surface area contributed by atoms with E-state index < -0.39 is 23.8 Å². The topological polar surface area (TPSA) is 122 Å². The van der Waals surface area contributed by atoms with Crippen LogP contribution in [-0.2, 0) is 9.59 Å². The highest BCUT2D eigenvalue weighted by atomic mass is 16.4. The average Bonchev–Trinajstić information content (AvgIpc) is 2.42. The molecule has 0 saturated carbocycles. The fourth-order valence-electron chi connectivity index (χ4n) is 1.48. The Balaban J connectivity index is 2.46. The van der Waals surface area contributed by atoms with Crippen molar-refractivity contribution >= 4 is 23.5 Å². The number of carbonyl (C=O) groups excluding carboxylic acids is 2. The molecule has 0 fully saturated rings. The molecule has 0 bridgehead atoms. The summed E-state index contributed by atoms with van der Waals surface area (Å²) in [5.74, 6) is -2.09. The van der Waals surface area contributed by atoms with Crippen molar-refractivity contribution in [3.05, 3.63) is 29.8 Å². The van der Waals surface area contributed by atoms with Gasteiger partial charge in [-0.15, -0.1) is 0 Å². The lowest BCUT2D eigenvalue weighted by Crippen LogP contribution is -2.45. The number of anilines is 1. The molecule has 20 heavy (non-hydrogen) atoms. The van der Waals surface area contributed by atoms with Gasteiger partial charge in [0.15, 0.2) is 0 Å². The van der Waals surface area contributed by atoms with Crippen LogP contribution in [0.1, 0.15) is 23.7 Å². The van der Waals surface area contributed by atoms with E-state index in [1.165, 1.54) is 12.1 Å². The highest BCUT2D eigenvalue weighted by Gasteiger charge is 2.17. The first-order valence-corrected chi connectivity index (χ1v) is 6.10. The Morgan fingerprint density at radius 3 is 2.35 bits per heavy atom. The Morgan fingerprint density at radius 1 is 1.25 bits per heavy atom. The molecule has 0 aliphatic rings. The number of benzene rings is 1. The van der Waals surface area contributed by atoms with Crippen molar-refractivity contribution in [2.45, 2.75) is 19.4 Å². The minimum absolute atomic E-state index is 0.271. The van der Waals surface area contributed by atoms with E-state index in [2.05, 4.69) is 10.6 Å². The second-order valence-electron chi connectivity index (χ2n) is 4.17. The minimum atomic E-state index is -1.11. The van der Waals surface area contributed by atoms with Gasteiger partial charge < -0.3 is 21.5 Å². The van der Waals surface area contributed by atoms with Crippen LogP contribution in [0.5, 0.6) is 0 Å². The highest BCUT2D eigenvalue weighted by molar-refractivity contribution is 5.97. The molecule has 7 heteroatoms. The molecule has 0 radical (unpaired) electrons. The van der Waals surface area contributed by atoms with Crippen molar-refractivity contribution in [3.63, 3.8) is 0 Å². The maximum atomic E-state index is 11.7. The summed E-state index contributed by atoms with van der Waals surface area (Å²) in [5.41, 5.74) is 6.40. The average molecular weight is 279 g/mol. The number of aliphatic carboxylic acids is 1. The first-order chi connectivity index (χ1) is 9.43. The number of carboxylic acid groups (broad SMARTS) is 1. The van der Waals surface area contributed by atoms with Crippen LogP contribution >= 0.6 is 0 Å². The quantitative estimate of drug-likeness (QED) is 0.545. The lowest BCUT2D eigenvalue weighted by atomic mass is 10.2. The summed E-state index contributed by atoms with van der Waals surface area (Å²) in [6.07, 6.45) is 0.271. The summed E-state index contributed by atoms with van der Waals surface area (Å²) in [6, 6.07) is 5.28. The van der Waals surface area contributed by atoms with Crippen LogP contribution in [0.25, 0.3) is 0 Å². The zero-order valence-corrected chi connectivity index (χ0v) is 11.1. The lowest BCUT2D eigenvalue weighted by molar-refractivity contribution is -0.141. The third kappa shape index (κ3) is 4.60. The summed E-state index contributed by atoms with van der Waals surface area (Å²) in [6.45, 7) is 1.36. The second-order valence-corrected chi connectivity index (χ2v) is 4.17. The maximum Gasteiger partial charge on any atom is 0.326 e. The van der Waals surface area contributed by atoms with Gasteiger partial charge >= 0.3 is 5.97 Å². The number of amides is 2. The second kappa shape index (κ2) is 7.13. The van der Waals surface area contributed by atoms with Gasteiger partial charge in [-0.1, -0.05) is 6.92 Å². The molecular weight excluding hydrogens is 262 g/mol. The zero-order valence-electron chi connectivity index (χ0n) is 11.1. The molecule has 2 amide bonds. The molecule has 1 aromatic rings. The van der Waals surface area contributed by atoms with Crippen LogP contribution < -0.4 is 16.4 Å². The van der Waals surface area contributed by atoms with E-state index >= 15 is 0 Å². The van der Waals surface area contributed by atoms with E-state index in [1.54, 1.807) is 19.1 Å². The molecule has 0 heterocycles. The van der Waals surface area contributed by atoms with Crippen molar-refractivity contribution < 1.29 is 19.5 Å². The monoisotopic (exact) mass is 279 g/mol. The number of nitrogens with two attached hydrogens (primary N) is 1. The molecule has 108 valence electrons. The van der Waals surface area contributed by atoms with Crippen LogP contribution in [0.3, 0.4) is 0 Å². The molecule has 0 aromatic heterocycles. The van der Waals surface area contributed by atoms with Crippen LogP contribution in [0.4, 0.5) is 5.69 Å². The van der Waals surface area contributed by atoms with Crippen LogP contribution in [0.2, 0.25) is 0 Å². The Bertz CT molecular complexity index is 499. The Hall–Kier alpha value is -2.57. The van der Waals surface area contributed by atoms with Gasteiger partial charge in [-0.2, -0.15) is 0 Å². The van der Waals surface area contributed by atoms with Gasteiger partial charge in [-0.05, 0) is 30.7 Å². The first kappa shape index (κ1) is 15.5. The summed E-state index contributed by atoms with van der Waals surface area (Å²) in [4.78, 5) is 33.9. The number of hydrogen-bond donors (Lipinski definition) is 4. The fraction of sp³-hybridized carbons (Fsp3) is 0.308. The SMILES string of the molecule is CCC(NC(=O)CNC(=O)c1ccc(N)cc1)C(=O)O. The number of hydrogen-bond acceptors (Lipinski definition) is 4. The Labute approximate surface area is 116 Å². The normalized spacial score (nSPS) is 11.4. The molecule has 1 aromatic carbocycles. The van der Waals surface area contributed by atoms with E-state index in [1.807, 2.05) is 0 Å². The number of rotatable bonds is 6.